The molecule has 0 bridgehead atoms. The van der Waals surface area contributed by atoms with Gasteiger partial charge < -0.3 is 5.11 Å². The third-order valence-corrected chi connectivity index (χ3v) is 5.64. The smallest absolute Gasteiger partial charge is 0.305 e. The van der Waals surface area contributed by atoms with Gasteiger partial charge in [-0.2, -0.15) is 8.78 Å². The standard InChI is InChI=1S/C21H34F2O4/c1-2-3-8-15-21(22,23)19(25)14-12-16-11-13-18(24)17(16)9-6-4-5-7-10-20(26)27/h16-17H,2-15H2,1H3,(H,26,27). The van der Waals surface area contributed by atoms with Gasteiger partial charge in [0.15, 0.2) is 0 Å². The quantitative estimate of drug-likeness (QED) is 0.372. The molecule has 2 atom stereocenters. The summed E-state index contributed by atoms with van der Waals surface area (Å²) in [6, 6.07) is 0. The number of Topliss-reactive ketones (excluding diaryl/α,β-unsaturated/α-hetero) is 2. The van der Waals surface area contributed by atoms with Crippen LogP contribution in [0.3, 0.4) is 0 Å². The zero-order valence-electron chi connectivity index (χ0n) is 16.5. The lowest BCUT2D eigenvalue weighted by Gasteiger charge is -2.20. The molecule has 6 heteroatoms. The summed E-state index contributed by atoms with van der Waals surface area (Å²) in [4.78, 5) is 34.5. The molecular formula is C21H34F2O4. The van der Waals surface area contributed by atoms with E-state index in [1.54, 1.807) is 0 Å². The summed E-state index contributed by atoms with van der Waals surface area (Å²) in [5.74, 6) is -4.91. The lowest BCUT2D eigenvalue weighted by Crippen LogP contribution is -2.29. The van der Waals surface area contributed by atoms with Crippen LogP contribution in [0, 0.1) is 11.8 Å². The van der Waals surface area contributed by atoms with Crippen LogP contribution in [0.25, 0.3) is 0 Å². The largest absolute Gasteiger partial charge is 0.481 e. The summed E-state index contributed by atoms with van der Waals surface area (Å²) < 4.78 is 27.8. The van der Waals surface area contributed by atoms with Gasteiger partial charge in [-0.05, 0) is 38.0 Å². The molecule has 0 heterocycles. The Kier molecular flexibility index (Phi) is 10.7. The van der Waals surface area contributed by atoms with E-state index in [1.807, 2.05) is 6.92 Å². The van der Waals surface area contributed by atoms with Gasteiger partial charge >= 0.3 is 11.9 Å². The molecule has 1 aliphatic rings. The Bertz CT molecular complexity index is 491. The van der Waals surface area contributed by atoms with Gasteiger partial charge in [-0.25, -0.2) is 0 Å². The van der Waals surface area contributed by atoms with Crippen LogP contribution < -0.4 is 0 Å². The van der Waals surface area contributed by atoms with Crippen molar-refractivity contribution in [2.45, 2.75) is 103 Å². The van der Waals surface area contributed by atoms with Gasteiger partial charge in [0.25, 0.3) is 0 Å². The van der Waals surface area contributed by atoms with Crippen LogP contribution in [0.4, 0.5) is 8.78 Å². The van der Waals surface area contributed by atoms with E-state index in [-0.39, 0.29) is 36.9 Å². The molecule has 1 fully saturated rings. The van der Waals surface area contributed by atoms with E-state index in [2.05, 4.69) is 0 Å². The summed E-state index contributed by atoms with van der Waals surface area (Å²) in [5.41, 5.74) is 0. The highest BCUT2D eigenvalue weighted by molar-refractivity contribution is 5.86. The van der Waals surface area contributed by atoms with E-state index >= 15 is 0 Å². The fraction of sp³-hybridized carbons (Fsp3) is 0.857. The minimum atomic E-state index is -3.24. The Morgan fingerprint density at radius 2 is 1.74 bits per heavy atom. The van der Waals surface area contributed by atoms with E-state index in [0.29, 0.717) is 38.5 Å². The molecule has 1 aliphatic carbocycles. The van der Waals surface area contributed by atoms with Crippen molar-refractivity contribution in [1.29, 1.82) is 0 Å². The molecule has 1 rings (SSSR count). The van der Waals surface area contributed by atoms with Gasteiger partial charge in [-0.1, -0.05) is 39.0 Å². The Labute approximate surface area is 161 Å². The van der Waals surface area contributed by atoms with Gasteiger partial charge in [0.1, 0.15) is 5.78 Å². The molecule has 0 aromatic rings. The first kappa shape index (κ1) is 23.7. The van der Waals surface area contributed by atoms with Crippen molar-refractivity contribution in [3.8, 4) is 0 Å². The number of aliphatic carboxylic acids is 1. The molecule has 0 aromatic carbocycles. The first-order valence-corrected chi connectivity index (χ1v) is 10.4. The highest BCUT2D eigenvalue weighted by atomic mass is 19.3. The van der Waals surface area contributed by atoms with E-state index in [0.717, 1.165) is 32.1 Å². The van der Waals surface area contributed by atoms with Gasteiger partial charge in [0.05, 0.1) is 0 Å². The Hall–Kier alpha value is -1.33. The lowest BCUT2D eigenvalue weighted by molar-refractivity contribution is -0.144. The van der Waals surface area contributed by atoms with Crippen molar-refractivity contribution in [3.05, 3.63) is 0 Å². The average Bonchev–Trinajstić information content (AvgIpc) is 2.95. The second kappa shape index (κ2) is 12.2. The van der Waals surface area contributed by atoms with Crippen LogP contribution in [-0.4, -0.2) is 28.6 Å². The average molecular weight is 388 g/mol. The third-order valence-electron chi connectivity index (χ3n) is 5.64. The Morgan fingerprint density at radius 1 is 1.04 bits per heavy atom. The van der Waals surface area contributed by atoms with Crippen molar-refractivity contribution < 1.29 is 28.3 Å². The number of unbranched alkanes of at least 4 members (excludes halogenated alkanes) is 5. The molecule has 27 heavy (non-hydrogen) atoms. The number of carbonyl (C=O) groups excluding carboxylic acids is 2. The van der Waals surface area contributed by atoms with Crippen molar-refractivity contribution in [1.82, 2.24) is 0 Å². The van der Waals surface area contributed by atoms with E-state index in [1.165, 1.54) is 0 Å². The van der Waals surface area contributed by atoms with Crippen LogP contribution in [0.2, 0.25) is 0 Å². The van der Waals surface area contributed by atoms with Crippen LogP contribution in [0.5, 0.6) is 0 Å². The van der Waals surface area contributed by atoms with E-state index in [9.17, 15) is 23.2 Å². The molecule has 0 amide bonds. The van der Waals surface area contributed by atoms with Gasteiger partial charge in [-0.15, -0.1) is 0 Å². The van der Waals surface area contributed by atoms with Crippen molar-refractivity contribution in [2.24, 2.45) is 11.8 Å². The predicted octanol–water partition coefficient (Wildman–Crippen LogP) is 5.57. The van der Waals surface area contributed by atoms with Crippen LogP contribution in [-0.2, 0) is 14.4 Å². The summed E-state index contributed by atoms with van der Waals surface area (Å²) in [6.07, 6.45) is 6.99. The van der Waals surface area contributed by atoms with E-state index < -0.39 is 17.7 Å². The maximum Gasteiger partial charge on any atom is 0.305 e. The summed E-state index contributed by atoms with van der Waals surface area (Å²) in [7, 11) is 0. The number of alkyl halides is 2. The number of hydrogen-bond acceptors (Lipinski definition) is 3. The second-order valence-electron chi connectivity index (χ2n) is 7.84. The predicted molar refractivity (Wildman–Crippen MR) is 99.9 cm³/mol. The lowest BCUT2D eigenvalue weighted by atomic mass is 9.85. The summed E-state index contributed by atoms with van der Waals surface area (Å²) in [6.45, 7) is 1.93. The molecule has 156 valence electrons. The molecule has 0 aromatic heterocycles. The van der Waals surface area contributed by atoms with Crippen LogP contribution >= 0.6 is 0 Å². The molecule has 1 saturated carbocycles. The molecule has 0 aliphatic heterocycles. The van der Waals surface area contributed by atoms with Crippen molar-refractivity contribution in [2.75, 3.05) is 0 Å². The van der Waals surface area contributed by atoms with Gasteiger partial charge in [0.2, 0.25) is 5.78 Å². The molecule has 1 N–H and O–H groups in total. The molecule has 0 saturated heterocycles. The van der Waals surface area contributed by atoms with Crippen molar-refractivity contribution in [3.63, 3.8) is 0 Å². The van der Waals surface area contributed by atoms with Gasteiger partial charge in [0, 0.05) is 31.6 Å². The van der Waals surface area contributed by atoms with E-state index in [4.69, 9.17) is 5.11 Å². The summed E-state index contributed by atoms with van der Waals surface area (Å²) in [5, 5.41) is 8.61. The molecule has 0 radical (unpaired) electrons. The number of rotatable bonds is 15. The molecular weight excluding hydrogens is 354 g/mol. The zero-order valence-corrected chi connectivity index (χ0v) is 16.5. The number of hydrogen-bond donors (Lipinski definition) is 1. The first-order chi connectivity index (χ1) is 12.8. The maximum atomic E-state index is 13.9. The number of carboxylic acid groups (broad SMARTS) is 1. The molecule has 2 unspecified atom stereocenters. The Balaban J connectivity index is 2.34. The summed E-state index contributed by atoms with van der Waals surface area (Å²) >= 11 is 0. The number of ketones is 2. The SMILES string of the molecule is CCCCCC(F)(F)C(=O)CCC1CCC(=O)C1CCCCCCC(=O)O. The highest BCUT2D eigenvalue weighted by Gasteiger charge is 2.39. The number of halogens is 2. The molecule has 4 nitrogen and oxygen atoms in total. The zero-order chi connectivity index (χ0) is 20.3. The molecule has 0 spiro atoms. The number of carbonyl (C=O) groups is 3. The fourth-order valence-corrected chi connectivity index (χ4v) is 3.95. The van der Waals surface area contributed by atoms with Crippen LogP contribution in [0.15, 0.2) is 0 Å². The highest BCUT2D eigenvalue weighted by Crippen LogP contribution is 2.37. The second-order valence-corrected chi connectivity index (χ2v) is 7.84. The topological polar surface area (TPSA) is 71.4 Å². The Morgan fingerprint density at radius 3 is 2.41 bits per heavy atom. The monoisotopic (exact) mass is 388 g/mol. The number of carboxylic acids is 1. The van der Waals surface area contributed by atoms with Crippen LogP contribution in [0.1, 0.15) is 96.8 Å². The maximum absolute atomic E-state index is 13.9. The minimum Gasteiger partial charge on any atom is -0.481 e. The normalized spacial score (nSPS) is 20.2. The minimum absolute atomic E-state index is 0.0342. The van der Waals surface area contributed by atoms with Gasteiger partial charge in [-0.3, -0.25) is 14.4 Å². The third kappa shape index (κ3) is 8.93. The van der Waals surface area contributed by atoms with Crippen molar-refractivity contribution >= 4 is 17.5 Å². The fourth-order valence-electron chi connectivity index (χ4n) is 3.95. The first-order valence-electron chi connectivity index (χ1n) is 10.4.